The van der Waals surface area contributed by atoms with E-state index < -0.39 is 35.0 Å². The van der Waals surface area contributed by atoms with Gasteiger partial charge < -0.3 is 10.5 Å². The minimum Gasteiger partial charge on any atom is -0.489 e. The monoisotopic (exact) mass is 338 g/mol. The highest BCUT2D eigenvalue weighted by Crippen LogP contribution is 2.23. The maximum absolute atomic E-state index is 14.0. The maximum atomic E-state index is 14.0. The maximum Gasteiger partial charge on any atom is 0.321 e. The predicted molar refractivity (Wildman–Crippen MR) is 78.8 cm³/mol. The van der Waals surface area contributed by atoms with Gasteiger partial charge in [-0.05, 0) is 17.7 Å². The first-order valence-corrected chi connectivity index (χ1v) is 6.73. The lowest BCUT2D eigenvalue weighted by molar-refractivity contribution is 0.0828. The second-order valence-electron chi connectivity index (χ2n) is 4.88. The molecule has 0 saturated heterocycles. The van der Waals surface area contributed by atoms with Crippen LogP contribution in [0.1, 0.15) is 15.9 Å². The van der Waals surface area contributed by atoms with E-state index >= 15 is 0 Å². The van der Waals surface area contributed by atoms with E-state index in [9.17, 15) is 22.8 Å². The van der Waals surface area contributed by atoms with Crippen LogP contribution >= 0.6 is 0 Å². The lowest BCUT2D eigenvalue weighted by atomic mass is 10.1. The van der Waals surface area contributed by atoms with Crippen molar-refractivity contribution in [3.05, 3.63) is 65.0 Å². The van der Waals surface area contributed by atoms with Crippen molar-refractivity contribution in [1.29, 1.82) is 0 Å². The number of nitrogens with two attached hydrogens (primary N) is 1. The Morgan fingerprint density at radius 1 is 1.12 bits per heavy atom. The SMILES string of the molecule is CN(C(N)=O)C(=O)c1c(F)cc(OCc2cccc(F)c2)cc1F. The number of benzene rings is 2. The number of ether oxygens (including phenoxy) is 1. The lowest BCUT2D eigenvalue weighted by Crippen LogP contribution is -2.38. The van der Waals surface area contributed by atoms with E-state index in [1.165, 1.54) is 18.2 Å². The van der Waals surface area contributed by atoms with Crippen molar-refractivity contribution in [2.24, 2.45) is 5.73 Å². The summed E-state index contributed by atoms with van der Waals surface area (Å²) in [6.07, 6.45) is 0. The Bertz CT molecular complexity index is 773. The van der Waals surface area contributed by atoms with E-state index in [0.29, 0.717) is 10.5 Å². The molecule has 3 amide bonds. The van der Waals surface area contributed by atoms with Crippen LogP contribution < -0.4 is 10.5 Å². The Morgan fingerprint density at radius 2 is 1.75 bits per heavy atom. The van der Waals surface area contributed by atoms with Crippen LogP contribution in [0.3, 0.4) is 0 Å². The van der Waals surface area contributed by atoms with Crippen LogP contribution in [0.4, 0.5) is 18.0 Å². The molecule has 2 N–H and O–H groups in total. The van der Waals surface area contributed by atoms with Gasteiger partial charge in [-0.15, -0.1) is 0 Å². The quantitative estimate of drug-likeness (QED) is 0.932. The van der Waals surface area contributed by atoms with Gasteiger partial charge in [0, 0.05) is 19.2 Å². The third-order valence-electron chi connectivity index (χ3n) is 3.16. The molecule has 0 aromatic heterocycles. The number of imide groups is 1. The number of urea groups is 1. The molecule has 0 aliphatic rings. The number of amides is 3. The molecule has 0 unspecified atom stereocenters. The second kappa shape index (κ2) is 7.03. The van der Waals surface area contributed by atoms with Gasteiger partial charge in [-0.1, -0.05) is 12.1 Å². The number of rotatable bonds is 4. The van der Waals surface area contributed by atoms with Crippen molar-refractivity contribution >= 4 is 11.9 Å². The van der Waals surface area contributed by atoms with Gasteiger partial charge in [-0.3, -0.25) is 9.69 Å². The third-order valence-corrected chi connectivity index (χ3v) is 3.16. The van der Waals surface area contributed by atoms with Gasteiger partial charge in [0.1, 0.15) is 35.4 Å². The zero-order valence-corrected chi connectivity index (χ0v) is 12.6. The van der Waals surface area contributed by atoms with Gasteiger partial charge in [-0.25, -0.2) is 18.0 Å². The summed E-state index contributed by atoms with van der Waals surface area (Å²) >= 11 is 0. The molecular weight excluding hydrogens is 325 g/mol. The van der Waals surface area contributed by atoms with Crippen LogP contribution in [0.25, 0.3) is 0 Å². The number of nitrogens with zero attached hydrogens (tertiary/aromatic N) is 1. The largest absolute Gasteiger partial charge is 0.489 e. The Hall–Kier alpha value is -3.03. The van der Waals surface area contributed by atoms with Crippen LogP contribution in [-0.2, 0) is 6.61 Å². The molecule has 0 heterocycles. The molecule has 2 rings (SSSR count). The van der Waals surface area contributed by atoms with E-state index in [1.807, 2.05) is 0 Å². The highest BCUT2D eigenvalue weighted by Gasteiger charge is 2.24. The molecule has 0 fully saturated rings. The van der Waals surface area contributed by atoms with Gasteiger partial charge in [0.25, 0.3) is 5.91 Å². The van der Waals surface area contributed by atoms with Crippen molar-refractivity contribution in [2.75, 3.05) is 7.05 Å². The molecule has 24 heavy (non-hydrogen) atoms. The van der Waals surface area contributed by atoms with Crippen molar-refractivity contribution < 1.29 is 27.5 Å². The zero-order valence-electron chi connectivity index (χ0n) is 12.6. The van der Waals surface area contributed by atoms with Crippen LogP contribution in [0.5, 0.6) is 5.75 Å². The molecular formula is C16H13F3N2O3. The molecule has 2 aromatic rings. The Morgan fingerprint density at radius 3 is 2.29 bits per heavy atom. The Kier molecular flexibility index (Phi) is 5.08. The first-order chi connectivity index (χ1) is 11.3. The number of carbonyl (C=O) groups excluding carboxylic acids is 2. The number of hydrogen-bond acceptors (Lipinski definition) is 3. The van der Waals surface area contributed by atoms with Gasteiger partial charge >= 0.3 is 6.03 Å². The highest BCUT2D eigenvalue weighted by atomic mass is 19.1. The molecule has 0 atom stereocenters. The standard InChI is InChI=1S/C16H13F3N2O3/c1-21(16(20)23)15(22)14-12(18)6-11(7-13(14)19)24-8-9-3-2-4-10(17)5-9/h2-7H,8H2,1H3,(H2,20,23). The number of carbonyl (C=O) groups is 2. The van der Waals surface area contributed by atoms with Crippen molar-refractivity contribution in [2.45, 2.75) is 6.61 Å². The summed E-state index contributed by atoms with van der Waals surface area (Å²) in [6.45, 7) is -0.120. The molecule has 0 aliphatic heterocycles. The molecule has 0 saturated carbocycles. The summed E-state index contributed by atoms with van der Waals surface area (Å²) in [5, 5.41) is 0. The Balaban J connectivity index is 2.20. The second-order valence-corrected chi connectivity index (χ2v) is 4.88. The summed E-state index contributed by atoms with van der Waals surface area (Å²) in [7, 11) is 0.998. The summed E-state index contributed by atoms with van der Waals surface area (Å²) in [4.78, 5) is 23.1. The lowest BCUT2D eigenvalue weighted by Gasteiger charge is -2.14. The minimum absolute atomic E-state index is 0.120. The minimum atomic E-state index is -1.21. The smallest absolute Gasteiger partial charge is 0.321 e. The van der Waals surface area contributed by atoms with E-state index in [0.717, 1.165) is 19.2 Å². The van der Waals surface area contributed by atoms with Crippen molar-refractivity contribution in [3.63, 3.8) is 0 Å². The number of primary amides is 1. The molecule has 8 heteroatoms. The van der Waals surface area contributed by atoms with Crippen molar-refractivity contribution in [3.8, 4) is 5.75 Å². The molecule has 2 aromatic carbocycles. The molecule has 0 radical (unpaired) electrons. The highest BCUT2D eigenvalue weighted by molar-refractivity contribution is 6.03. The number of hydrogen-bond donors (Lipinski definition) is 1. The fraction of sp³-hybridized carbons (Fsp3) is 0.125. The first kappa shape index (κ1) is 17.3. The van der Waals surface area contributed by atoms with Gasteiger partial charge in [0.05, 0.1) is 0 Å². The molecule has 5 nitrogen and oxygen atoms in total. The average Bonchev–Trinajstić information content (AvgIpc) is 2.51. The van der Waals surface area contributed by atoms with Crippen LogP contribution in [0, 0.1) is 17.5 Å². The third kappa shape index (κ3) is 3.83. The summed E-state index contributed by atoms with van der Waals surface area (Å²) in [5.41, 5.74) is 4.44. The average molecular weight is 338 g/mol. The topological polar surface area (TPSA) is 72.6 Å². The van der Waals surface area contributed by atoms with Crippen LogP contribution in [0.15, 0.2) is 36.4 Å². The fourth-order valence-electron chi connectivity index (χ4n) is 1.90. The predicted octanol–water partition coefficient (Wildman–Crippen LogP) is 2.83. The van der Waals surface area contributed by atoms with E-state index in [-0.39, 0.29) is 12.4 Å². The molecule has 0 spiro atoms. The summed E-state index contributed by atoms with van der Waals surface area (Å²) < 4.78 is 46.2. The van der Waals surface area contributed by atoms with Crippen LogP contribution in [0.2, 0.25) is 0 Å². The molecule has 0 bridgehead atoms. The fourth-order valence-corrected chi connectivity index (χ4v) is 1.90. The van der Waals surface area contributed by atoms with Gasteiger partial charge in [0.2, 0.25) is 0 Å². The van der Waals surface area contributed by atoms with Gasteiger partial charge in [-0.2, -0.15) is 0 Å². The van der Waals surface area contributed by atoms with E-state index in [1.54, 1.807) is 6.07 Å². The molecule has 0 aliphatic carbocycles. The van der Waals surface area contributed by atoms with Crippen molar-refractivity contribution in [1.82, 2.24) is 4.90 Å². The van der Waals surface area contributed by atoms with E-state index in [4.69, 9.17) is 10.5 Å². The molecule has 126 valence electrons. The Labute approximate surface area is 135 Å². The zero-order chi connectivity index (χ0) is 17.9. The van der Waals surface area contributed by atoms with E-state index in [2.05, 4.69) is 0 Å². The normalized spacial score (nSPS) is 10.3. The summed E-state index contributed by atoms with van der Waals surface area (Å²) in [6, 6.07) is 5.96. The van der Waals surface area contributed by atoms with Crippen LogP contribution in [-0.4, -0.2) is 23.9 Å². The number of halogens is 3. The first-order valence-electron chi connectivity index (χ1n) is 6.73. The summed E-state index contributed by atoms with van der Waals surface area (Å²) in [5.74, 6) is -4.28. The van der Waals surface area contributed by atoms with Gasteiger partial charge in [0.15, 0.2) is 0 Å².